The third-order valence-electron chi connectivity index (χ3n) is 7.67. The standard InChI is InChI=1S/C30H26F2N4O/c1-15-10-27(33)35-16(2)25(15)14-34-30(37)18-5-8-22-24(12-18)29-21-7-4-17(11-23(21)28(22)36(29)3)20-9-6-19(31)13-26(20)32/h4-13,28-29H,14H2,1-3H3,(H2,33,35)(H,34,37). The fourth-order valence-corrected chi connectivity index (χ4v) is 5.94. The van der Waals surface area contributed by atoms with Crippen LogP contribution in [0.2, 0.25) is 0 Å². The molecule has 37 heavy (non-hydrogen) atoms. The van der Waals surface area contributed by atoms with Gasteiger partial charge in [0.2, 0.25) is 0 Å². The average molecular weight is 497 g/mol. The Balaban J connectivity index is 1.28. The van der Waals surface area contributed by atoms with Gasteiger partial charge in [-0.05, 0) is 96.2 Å². The number of aromatic nitrogens is 1. The highest BCUT2D eigenvalue weighted by molar-refractivity contribution is 5.94. The topological polar surface area (TPSA) is 71.2 Å². The molecule has 0 saturated heterocycles. The van der Waals surface area contributed by atoms with E-state index >= 15 is 0 Å². The summed E-state index contributed by atoms with van der Waals surface area (Å²) in [6.07, 6.45) is 0. The van der Waals surface area contributed by atoms with Gasteiger partial charge in [-0.1, -0.05) is 18.2 Å². The molecule has 3 aromatic carbocycles. The maximum Gasteiger partial charge on any atom is 0.251 e. The summed E-state index contributed by atoms with van der Waals surface area (Å²) in [5.74, 6) is -0.845. The first-order valence-corrected chi connectivity index (χ1v) is 12.2. The SMILES string of the molecule is Cc1cc(N)nc(C)c1CNC(=O)c1ccc2c(c1)C1c3ccc(-c4ccc(F)cc4F)cc3C2N1C. The van der Waals surface area contributed by atoms with E-state index in [1.165, 1.54) is 12.1 Å². The van der Waals surface area contributed by atoms with Gasteiger partial charge in [0.1, 0.15) is 17.5 Å². The molecular weight excluding hydrogens is 470 g/mol. The van der Waals surface area contributed by atoms with Gasteiger partial charge in [0.05, 0.1) is 12.1 Å². The molecule has 1 amide bonds. The summed E-state index contributed by atoms with van der Waals surface area (Å²) in [6, 6.07) is 17.2. The fraction of sp³-hybridized carbons (Fsp3) is 0.200. The predicted molar refractivity (Wildman–Crippen MR) is 139 cm³/mol. The summed E-state index contributed by atoms with van der Waals surface area (Å²) in [5.41, 5.74) is 14.8. The van der Waals surface area contributed by atoms with Crippen LogP contribution in [0.15, 0.2) is 60.7 Å². The highest BCUT2D eigenvalue weighted by Crippen LogP contribution is 2.56. The number of nitrogens with two attached hydrogens (primary N) is 1. The lowest BCUT2D eigenvalue weighted by Crippen LogP contribution is -2.24. The zero-order chi connectivity index (χ0) is 26.0. The van der Waals surface area contributed by atoms with E-state index in [9.17, 15) is 13.6 Å². The number of nitrogens with one attached hydrogen (secondary N) is 1. The van der Waals surface area contributed by atoms with Gasteiger partial charge in [0.25, 0.3) is 5.91 Å². The zero-order valence-electron chi connectivity index (χ0n) is 20.8. The largest absolute Gasteiger partial charge is 0.384 e. The minimum atomic E-state index is -0.592. The number of halogens is 2. The van der Waals surface area contributed by atoms with Crippen LogP contribution in [0.3, 0.4) is 0 Å². The van der Waals surface area contributed by atoms with Crippen molar-refractivity contribution < 1.29 is 13.6 Å². The van der Waals surface area contributed by atoms with Crippen molar-refractivity contribution in [1.29, 1.82) is 0 Å². The van der Waals surface area contributed by atoms with Crippen LogP contribution in [0.1, 0.15) is 61.5 Å². The Morgan fingerprint density at radius 1 is 0.946 bits per heavy atom. The van der Waals surface area contributed by atoms with Crippen LogP contribution in [0.4, 0.5) is 14.6 Å². The monoisotopic (exact) mass is 496 g/mol. The molecule has 5 nitrogen and oxygen atoms in total. The third kappa shape index (κ3) is 3.69. The van der Waals surface area contributed by atoms with E-state index in [1.807, 2.05) is 56.3 Å². The molecule has 4 aromatic rings. The minimum absolute atomic E-state index is 0.0145. The molecule has 2 aliphatic heterocycles. The highest BCUT2D eigenvalue weighted by Gasteiger charge is 2.46. The van der Waals surface area contributed by atoms with Gasteiger partial charge in [0.15, 0.2) is 0 Å². The number of carbonyl (C=O) groups excluding carboxylic acids is 1. The molecule has 7 heteroatoms. The van der Waals surface area contributed by atoms with Crippen molar-refractivity contribution >= 4 is 11.7 Å². The van der Waals surface area contributed by atoms with Gasteiger partial charge in [-0.2, -0.15) is 0 Å². The van der Waals surface area contributed by atoms with Crippen LogP contribution >= 0.6 is 0 Å². The van der Waals surface area contributed by atoms with E-state index in [2.05, 4.69) is 22.2 Å². The molecule has 1 aromatic heterocycles. The molecule has 2 bridgehead atoms. The lowest BCUT2D eigenvalue weighted by atomic mass is 9.83. The predicted octanol–water partition coefficient (Wildman–Crippen LogP) is 5.59. The van der Waals surface area contributed by atoms with Crippen molar-refractivity contribution in [2.24, 2.45) is 0 Å². The number of anilines is 1. The molecule has 0 radical (unpaired) electrons. The maximum atomic E-state index is 14.4. The molecule has 2 aliphatic rings. The number of pyridine rings is 1. The lowest BCUT2D eigenvalue weighted by Gasteiger charge is -2.19. The van der Waals surface area contributed by atoms with Crippen molar-refractivity contribution in [2.75, 3.05) is 12.8 Å². The summed E-state index contributed by atoms with van der Waals surface area (Å²) < 4.78 is 27.9. The number of aryl methyl sites for hydroxylation is 2. The highest BCUT2D eigenvalue weighted by atomic mass is 19.1. The molecule has 2 unspecified atom stereocenters. The molecule has 0 fully saturated rings. The Bertz CT molecular complexity index is 1580. The van der Waals surface area contributed by atoms with Crippen LogP contribution in [0.25, 0.3) is 11.1 Å². The summed E-state index contributed by atoms with van der Waals surface area (Å²) >= 11 is 0. The van der Waals surface area contributed by atoms with Crippen LogP contribution < -0.4 is 11.1 Å². The lowest BCUT2D eigenvalue weighted by molar-refractivity contribution is 0.0950. The van der Waals surface area contributed by atoms with Gasteiger partial charge >= 0.3 is 0 Å². The van der Waals surface area contributed by atoms with Crippen LogP contribution in [0, 0.1) is 25.5 Å². The van der Waals surface area contributed by atoms with Crippen molar-refractivity contribution in [1.82, 2.24) is 15.2 Å². The Kier molecular flexibility index (Phi) is 5.35. The number of amides is 1. The third-order valence-corrected chi connectivity index (χ3v) is 7.67. The molecule has 3 N–H and O–H groups in total. The Morgan fingerprint density at radius 3 is 2.35 bits per heavy atom. The number of hydrogen-bond donors (Lipinski definition) is 2. The van der Waals surface area contributed by atoms with Gasteiger partial charge in [-0.25, -0.2) is 13.8 Å². The van der Waals surface area contributed by atoms with E-state index in [1.54, 1.807) is 0 Å². The number of fused-ring (bicyclic) bond motifs is 8. The molecule has 0 saturated carbocycles. The first-order valence-electron chi connectivity index (χ1n) is 12.2. The smallest absolute Gasteiger partial charge is 0.251 e. The second kappa shape index (κ2) is 8.49. The van der Waals surface area contributed by atoms with Crippen LogP contribution in [-0.4, -0.2) is 22.8 Å². The van der Waals surface area contributed by atoms with E-state index in [-0.39, 0.29) is 18.0 Å². The molecule has 0 aliphatic carbocycles. The first kappa shape index (κ1) is 23.3. The molecule has 2 atom stereocenters. The molecule has 0 spiro atoms. The van der Waals surface area contributed by atoms with Crippen LogP contribution in [0.5, 0.6) is 0 Å². The van der Waals surface area contributed by atoms with Crippen molar-refractivity contribution in [3.8, 4) is 11.1 Å². The zero-order valence-corrected chi connectivity index (χ0v) is 20.8. The molecule has 186 valence electrons. The van der Waals surface area contributed by atoms with Gasteiger partial charge in [-0.3, -0.25) is 9.69 Å². The van der Waals surface area contributed by atoms with E-state index < -0.39 is 11.6 Å². The van der Waals surface area contributed by atoms with Gasteiger partial charge in [0, 0.05) is 29.4 Å². The summed E-state index contributed by atoms with van der Waals surface area (Å²) in [7, 11) is 2.06. The van der Waals surface area contributed by atoms with E-state index in [4.69, 9.17) is 5.73 Å². The summed E-state index contributed by atoms with van der Waals surface area (Å²) in [4.78, 5) is 19.6. The molecular formula is C30H26F2N4O. The number of carbonyl (C=O) groups is 1. The number of nitrogen functional groups attached to an aromatic ring is 1. The fourth-order valence-electron chi connectivity index (χ4n) is 5.94. The van der Waals surface area contributed by atoms with Crippen LogP contribution in [-0.2, 0) is 6.54 Å². The second-order valence-electron chi connectivity index (χ2n) is 9.89. The van der Waals surface area contributed by atoms with Gasteiger partial charge in [-0.15, -0.1) is 0 Å². The first-order chi connectivity index (χ1) is 17.7. The van der Waals surface area contributed by atoms with E-state index in [0.717, 1.165) is 50.7 Å². The Labute approximate surface area is 214 Å². The second-order valence-corrected chi connectivity index (χ2v) is 9.89. The molecule has 3 heterocycles. The van der Waals surface area contributed by atoms with Gasteiger partial charge < -0.3 is 11.1 Å². The quantitative estimate of drug-likeness (QED) is 0.386. The summed E-state index contributed by atoms with van der Waals surface area (Å²) in [5, 5.41) is 3.02. The molecule has 6 rings (SSSR count). The summed E-state index contributed by atoms with van der Waals surface area (Å²) in [6.45, 7) is 4.22. The number of hydrogen-bond acceptors (Lipinski definition) is 4. The Hall–Kier alpha value is -4.10. The normalized spacial score (nSPS) is 17.5. The number of rotatable bonds is 4. The minimum Gasteiger partial charge on any atom is -0.384 e. The maximum absolute atomic E-state index is 14.4. The number of nitrogens with zero attached hydrogens (tertiary/aromatic N) is 2. The van der Waals surface area contributed by atoms with Crippen molar-refractivity contribution in [3.63, 3.8) is 0 Å². The average Bonchev–Trinajstić information content (AvgIpc) is 3.30. The van der Waals surface area contributed by atoms with Crippen molar-refractivity contribution in [3.05, 3.63) is 117 Å². The Morgan fingerprint density at radius 2 is 1.65 bits per heavy atom. The van der Waals surface area contributed by atoms with Crippen molar-refractivity contribution in [2.45, 2.75) is 32.5 Å². The van der Waals surface area contributed by atoms with E-state index in [0.29, 0.717) is 23.5 Å². The number of benzene rings is 3.